The number of hydrogen-bond donors (Lipinski definition) is 0. The van der Waals surface area contributed by atoms with Crippen LogP contribution in [0.3, 0.4) is 0 Å². The lowest BCUT2D eigenvalue weighted by molar-refractivity contribution is -0.134. The monoisotopic (exact) mass is 421 g/mol. The average molecular weight is 422 g/mol. The van der Waals surface area contributed by atoms with Gasteiger partial charge in [-0.15, -0.1) is 0 Å². The molecule has 3 aromatic rings. The number of rotatable bonds is 4. The minimum Gasteiger partial charge on any atom is -0.346 e. The second-order valence-electron chi connectivity index (χ2n) is 8.40. The van der Waals surface area contributed by atoms with Crippen LogP contribution in [-0.2, 0) is 11.3 Å². The molecule has 0 radical (unpaired) electrons. The summed E-state index contributed by atoms with van der Waals surface area (Å²) in [5.74, 6) is 0.724. The van der Waals surface area contributed by atoms with E-state index in [-0.39, 0.29) is 23.4 Å². The minimum atomic E-state index is -0.0681. The molecule has 154 valence electrons. The molecule has 2 aromatic heterocycles. The first kappa shape index (κ1) is 19.2. The van der Waals surface area contributed by atoms with Crippen molar-refractivity contribution in [2.45, 2.75) is 31.3 Å². The Kier molecular flexibility index (Phi) is 4.99. The van der Waals surface area contributed by atoms with Gasteiger partial charge >= 0.3 is 0 Å². The molecule has 3 unspecified atom stereocenters. The third-order valence-corrected chi connectivity index (χ3v) is 6.69. The zero-order chi connectivity index (χ0) is 20.7. The van der Waals surface area contributed by atoms with Crippen molar-refractivity contribution in [2.24, 2.45) is 5.92 Å². The van der Waals surface area contributed by atoms with E-state index in [9.17, 15) is 9.59 Å². The van der Waals surface area contributed by atoms with Crippen molar-refractivity contribution in [1.82, 2.24) is 14.0 Å². The van der Waals surface area contributed by atoms with Crippen molar-refractivity contribution >= 4 is 17.5 Å². The third kappa shape index (κ3) is 3.58. The van der Waals surface area contributed by atoms with Crippen LogP contribution in [-0.4, -0.2) is 33.0 Å². The summed E-state index contributed by atoms with van der Waals surface area (Å²) < 4.78 is 3.98. The van der Waals surface area contributed by atoms with Gasteiger partial charge < -0.3 is 14.0 Å². The number of carbonyl (C=O) groups excluding carboxylic acids is 1. The second kappa shape index (κ2) is 7.80. The quantitative estimate of drug-likeness (QED) is 0.640. The van der Waals surface area contributed by atoms with Crippen LogP contribution in [0.5, 0.6) is 0 Å². The zero-order valence-corrected chi connectivity index (χ0v) is 17.4. The third-order valence-electron chi connectivity index (χ3n) is 6.44. The van der Waals surface area contributed by atoms with E-state index < -0.39 is 0 Å². The van der Waals surface area contributed by atoms with E-state index in [2.05, 4.69) is 4.57 Å². The summed E-state index contributed by atoms with van der Waals surface area (Å²) in [6, 6.07) is 17.1. The number of halogens is 1. The molecule has 0 N–H and O–H groups in total. The molecule has 4 heterocycles. The summed E-state index contributed by atoms with van der Waals surface area (Å²) in [6.45, 7) is 2.10. The Hall–Kier alpha value is -2.79. The zero-order valence-electron chi connectivity index (χ0n) is 16.7. The molecule has 2 aliphatic rings. The molecule has 1 amide bonds. The SMILES string of the molecule is O=C(CC(c1ccc(Cl)cc1)n1cccc1)N1CC2CC(C1)c1cccc(=O)n1C2. The maximum Gasteiger partial charge on any atom is 0.250 e. The summed E-state index contributed by atoms with van der Waals surface area (Å²) in [6.07, 6.45) is 5.45. The number of pyridine rings is 1. The van der Waals surface area contributed by atoms with Crippen molar-refractivity contribution in [3.63, 3.8) is 0 Å². The lowest BCUT2D eigenvalue weighted by atomic mass is 9.83. The number of aromatic nitrogens is 2. The molecule has 2 bridgehead atoms. The number of piperidine rings is 1. The lowest BCUT2D eigenvalue weighted by Crippen LogP contribution is -2.49. The molecule has 1 saturated heterocycles. The normalized spacial score (nSPS) is 21.2. The Labute approximate surface area is 180 Å². The molecule has 5 nitrogen and oxygen atoms in total. The first-order chi connectivity index (χ1) is 14.6. The second-order valence-corrected chi connectivity index (χ2v) is 8.84. The van der Waals surface area contributed by atoms with E-state index in [1.165, 1.54) is 0 Å². The fraction of sp³-hybridized carbons (Fsp3) is 0.333. The molecular weight excluding hydrogens is 398 g/mol. The molecule has 6 heteroatoms. The van der Waals surface area contributed by atoms with Gasteiger partial charge in [0, 0.05) is 54.7 Å². The van der Waals surface area contributed by atoms with Gasteiger partial charge in [-0.05, 0) is 48.2 Å². The summed E-state index contributed by atoms with van der Waals surface area (Å²) in [7, 11) is 0. The Balaban J connectivity index is 1.38. The Morgan fingerprint density at radius 1 is 1.00 bits per heavy atom. The Morgan fingerprint density at radius 2 is 1.77 bits per heavy atom. The van der Waals surface area contributed by atoms with Crippen LogP contribution in [0.15, 0.2) is 71.8 Å². The van der Waals surface area contributed by atoms with Gasteiger partial charge in [-0.2, -0.15) is 0 Å². The maximum absolute atomic E-state index is 13.4. The highest BCUT2D eigenvalue weighted by Crippen LogP contribution is 2.36. The van der Waals surface area contributed by atoms with Crippen molar-refractivity contribution < 1.29 is 4.79 Å². The molecule has 1 fully saturated rings. The van der Waals surface area contributed by atoms with Crippen molar-refractivity contribution in [3.05, 3.63) is 93.6 Å². The Bertz CT molecular complexity index is 1100. The van der Waals surface area contributed by atoms with E-state index in [0.717, 1.165) is 24.2 Å². The number of fused-ring (bicyclic) bond motifs is 4. The number of hydrogen-bond acceptors (Lipinski definition) is 2. The molecule has 30 heavy (non-hydrogen) atoms. The fourth-order valence-corrected chi connectivity index (χ4v) is 5.16. The largest absolute Gasteiger partial charge is 0.346 e. The van der Waals surface area contributed by atoms with Gasteiger partial charge in [0.1, 0.15) is 0 Å². The summed E-state index contributed by atoms with van der Waals surface area (Å²) in [5, 5.41) is 0.689. The molecule has 2 aliphatic heterocycles. The highest BCUT2D eigenvalue weighted by atomic mass is 35.5. The van der Waals surface area contributed by atoms with Crippen LogP contribution < -0.4 is 5.56 Å². The smallest absolute Gasteiger partial charge is 0.250 e. The highest BCUT2D eigenvalue weighted by Gasteiger charge is 2.36. The molecule has 0 aliphatic carbocycles. The van der Waals surface area contributed by atoms with Gasteiger partial charge in [-0.1, -0.05) is 29.8 Å². The van der Waals surface area contributed by atoms with Crippen molar-refractivity contribution in [2.75, 3.05) is 13.1 Å². The first-order valence-corrected chi connectivity index (χ1v) is 10.8. The topological polar surface area (TPSA) is 47.2 Å². The van der Waals surface area contributed by atoms with E-state index in [1.54, 1.807) is 6.07 Å². The molecule has 0 saturated carbocycles. The van der Waals surface area contributed by atoms with E-state index in [0.29, 0.717) is 30.5 Å². The van der Waals surface area contributed by atoms with Gasteiger partial charge in [0.15, 0.2) is 0 Å². The van der Waals surface area contributed by atoms with Crippen LogP contribution in [0.4, 0.5) is 0 Å². The first-order valence-electron chi connectivity index (χ1n) is 10.4. The lowest BCUT2D eigenvalue weighted by Gasteiger charge is -2.43. The van der Waals surface area contributed by atoms with Crippen molar-refractivity contribution in [3.8, 4) is 0 Å². The van der Waals surface area contributed by atoms with Gasteiger partial charge in [0.25, 0.3) is 5.56 Å². The number of likely N-dealkylation sites (tertiary alicyclic amines) is 1. The molecule has 0 spiro atoms. The van der Waals surface area contributed by atoms with Crippen molar-refractivity contribution in [1.29, 1.82) is 0 Å². The number of carbonyl (C=O) groups is 1. The number of amides is 1. The molecule has 3 atom stereocenters. The van der Waals surface area contributed by atoms with E-state index in [4.69, 9.17) is 11.6 Å². The summed E-state index contributed by atoms with van der Waals surface area (Å²) >= 11 is 6.07. The molecule has 1 aromatic carbocycles. The van der Waals surface area contributed by atoms with Crippen LogP contribution in [0.25, 0.3) is 0 Å². The van der Waals surface area contributed by atoms with Crippen LogP contribution >= 0.6 is 11.6 Å². The predicted octanol–water partition coefficient (Wildman–Crippen LogP) is 3.93. The average Bonchev–Trinajstić information content (AvgIpc) is 3.28. The minimum absolute atomic E-state index is 0.0670. The highest BCUT2D eigenvalue weighted by molar-refractivity contribution is 6.30. The molecular formula is C24H24ClN3O2. The van der Waals surface area contributed by atoms with Gasteiger partial charge in [0.05, 0.1) is 12.5 Å². The summed E-state index contributed by atoms with van der Waals surface area (Å²) in [5.41, 5.74) is 2.20. The van der Waals surface area contributed by atoms with Crippen LogP contribution in [0.1, 0.15) is 36.1 Å². The molecule has 5 rings (SSSR count). The Morgan fingerprint density at radius 3 is 2.53 bits per heavy atom. The fourth-order valence-electron chi connectivity index (χ4n) is 5.03. The van der Waals surface area contributed by atoms with E-state index in [1.807, 2.05) is 70.4 Å². The van der Waals surface area contributed by atoms with Crippen LogP contribution in [0.2, 0.25) is 5.02 Å². The van der Waals surface area contributed by atoms with Gasteiger partial charge in [-0.25, -0.2) is 0 Å². The number of benzene rings is 1. The van der Waals surface area contributed by atoms with E-state index >= 15 is 0 Å². The standard InChI is InChI=1S/C24H24ClN3O2/c25-20-8-6-18(7-9-20)22(26-10-1-2-11-26)13-24(30)27-14-17-12-19(16-27)21-4-3-5-23(29)28(21)15-17/h1-11,17,19,22H,12-16H2. The van der Waals surface area contributed by atoms with Crippen LogP contribution in [0, 0.1) is 5.92 Å². The summed E-state index contributed by atoms with van der Waals surface area (Å²) in [4.78, 5) is 27.6. The van der Waals surface area contributed by atoms with Gasteiger partial charge in [-0.3, -0.25) is 9.59 Å². The van der Waals surface area contributed by atoms with Gasteiger partial charge in [0.2, 0.25) is 5.91 Å². The predicted molar refractivity (Wildman–Crippen MR) is 117 cm³/mol. The maximum atomic E-state index is 13.4. The number of nitrogens with zero attached hydrogens (tertiary/aromatic N) is 3.